The molecule has 4 nitrogen and oxygen atoms in total. The molecule has 0 fully saturated rings. The highest BCUT2D eigenvalue weighted by molar-refractivity contribution is 6.30. The van der Waals surface area contributed by atoms with Crippen LogP contribution in [0.15, 0.2) is 42.5 Å². The van der Waals surface area contributed by atoms with E-state index in [0.29, 0.717) is 33.9 Å². The number of amides is 1. The van der Waals surface area contributed by atoms with Crippen LogP contribution in [-0.4, -0.2) is 19.3 Å². The smallest absolute Gasteiger partial charge is 0.255 e. The van der Waals surface area contributed by atoms with Crippen molar-refractivity contribution in [3.8, 4) is 5.75 Å². The largest absolute Gasteiger partial charge is 0.495 e. The Balaban J connectivity index is 2.26. The van der Waals surface area contributed by atoms with Gasteiger partial charge in [0.2, 0.25) is 0 Å². The first kappa shape index (κ1) is 14.1. The molecule has 0 bridgehead atoms. The number of carbonyl (C=O) groups excluding carboxylic acids is 2. The quantitative estimate of drug-likeness (QED) is 0.878. The highest BCUT2D eigenvalue weighted by Crippen LogP contribution is 2.25. The second-order valence-corrected chi connectivity index (χ2v) is 4.48. The number of hydrogen-bond acceptors (Lipinski definition) is 3. The van der Waals surface area contributed by atoms with Crippen LogP contribution in [0.1, 0.15) is 20.7 Å². The Morgan fingerprint density at radius 2 is 1.90 bits per heavy atom. The lowest BCUT2D eigenvalue weighted by Crippen LogP contribution is -2.12. The van der Waals surface area contributed by atoms with Crippen molar-refractivity contribution in [2.75, 3.05) is 12.4 Å². The van der Waals surface area contributed by atoms with Gasteiger partial charge in [0.25, 0.3) is 5.91 Å². The maximum Gasteiger partial charge on any atom is 0.255 e. The zero-order chi connectivity index (χ0) is 14.5. The molecule has 0 aromatic heterocycles. The van der Waals surface area contributed by atoms with E-state index in [1.165, 1.54) is 7.11 Å². The molecule has 2 aromatic rings. The second-order valence-electron chi connectivity index (χ2n) is 4.04. The summed E-state index contributed by atoms with van der Waals surface area (Å²) in [4.78, 5) is 22.9. The number of anilines is 1. The van der Waals surface area contributed by atoms with Crippen molar-refractivity contribution in [2.45, 2.75) is 0 Å². The molecule has 0 atom stereocenters. The zero-order valence-electron chi connectivity index (χ0n) is 10.7. The van der Waals surface area contributed by atoms with Crippen molar-refractivity contribution in [1.29, 1.82) is 0 Å². The van der Waals surface area contributed by atoms with Crippen molar-refractivity contribution in [3.63, 3.8) is 0 Å². The van der Waals surface area contributed by atoms with Crippen LogP contribution in [0.4, 0.5) is 5.69 Å². The van der Waals surface area contributed by atoms with E-state index in [1.807, 2.05) is 0 Å². The van der Waals surface area contributed by atoms with Gasteiger partial charge in [0, 0.05) is 16.1 Å². The summed E-state index contributed by atoms with van der Waals surface area (Å²) in [6.45, 7) is 0. The third kappa shape index (κ3) is 3.16. The average molecular weight is 290 g/mol. The standard InChI is InChI=1S/C15H12ClNO3/c1-20-14-7-2-10(9-18)8-13(14)17-15(19)11-3-5-12(16)6-4-11/h2-9H,1H3,(H,17,19). The molecule has 0 radical (unpaired) electrons. The summed E-state index contributed by atoms with van der Waals surface area (Å²) in [5.41, 5.74) is 1.36. The fourth-order valence-corrected chi connectivity index (χ4v) is 1.82. The van der Waals surface area contributed by atoms with Crippen molar-refractivity contribution >= 4 is 29.5 Å². The maximum atomic E-state index is 12.1. The lowest BCUT2D eigenvalue weighted by atomic mass is 10.1. The van der Waals surface area contributed by atoms with Gasteiger partial charge in [0.05, 0.1) is 12.8 Å². The molecule has 0 unspecified atom stereocenters. The number of rotatable bonds is 4. The number of nitrogens with one attached hydrogen (secondary N) is 1. The van der Waals surface area contributed by atoms with Crippen molar-refractivity contribution in [3.05, 3.63) is 58.6 Å². The van der Waals surface area contributed by atoms with Gasteiger partial charge in [-0.2, -0.15) is 0 Å². The molecule has 2 aromatic carbocycles. The van der Waals surface area contributed by atoms with Gasteiger partial charge < -0.3 is 10.1 Å². The lowest BCUT2D eigenvalue weighted by Gasteiger charge is -2.10. The first-order chi connectivity index (χ1) is 9.63. The molecule has 0 aliphatic carbocycles. The Bertz CT molecular complexity index is 638. The summed E-state index contributed by atoms with van der Waals surface area (Å²) in [5, 5.41) is 3.26. The van der Waals surface area contributed by atoms with E-state index < -0.39 is 0 Å². The van der Waals surface area contributed by atoms with Crippen LogP contribution in [0.25, 0.3) is 0 Å². The van der Waals surface area contributed by atoms with Gasteiger partial charge in [0.15, 0.2) is 0 Å². The predicted molar refractivity (Wildman–Crippen MR) is 77.8 cm³/mol. The number of ether oxygens (including phenoxy) is 1. The molecule has 0 saturated heterocycles. The molecule has 0 aliphatic rings. The SMILES string of the molecule is COc1ccc(C=O)cc1NC(=O)c1ccc(Cl)cc1. The van der Waals surface area contributed by atoms with E-state index in [2.05, 4.69) is 5.32 Å². The predicted octanol–water partition coefficient (Wildman–Crippen LogP) is 3.41. The van der Waals surface area contributed by atoms with Crippen LogP contribution < -0.4 is 10.1 Å². The van der Waals surface area contributed by atoms with E-state index in [1.54, 1.807) is 42.5 Å². The van der Waals surface area contributed by atoms with Gasteiger partial charge >= 0.3 is 0 Å². The molecular formula is C15H12ClNO3. The third-order valence-electron chi connectivity index (χ3n) is 2.71. The van der Waals surface area contributed by atoms with Crippen molar-refractivity contribution in [1.82, 2.24) is 0 Å². The maximum absolute atomic E-state index is 12.1. The van der Waals surface area contributed by atoms with Gasteiger partial charge in [-0.05, 0) is 42.5 Å². The average Bonchev–Trinajstić information content (AvgIpc) is 2.47. The number of aldehydes is 1. The molecule has 2 rings (SSSR count). The normalized spacial score (nSPS) is 9.90. The zero-order valence-corrected chi connectivity index (χ0v) is 11.5. The van der Waals surface area contributed by atoms with Gasteiger partial charge in [-0.1, -0.05) is 11.6 Å². The molecule has 20 heavy (non-hydrogen) atoms. The van der Waals surface area contributed by atoms with E-state index in [4.69, 9.17) is 16.3 Å². The van der Waals surface area contributed by atoms with Crippen LogP contribution in [0.3, 0.4) is 0 Å². The summed E-state index contributed by atoms with van der Waals surface area (Å²) >= 11 is 5.77. The highest BCUT2D eigenvalue weighted by atomic mass is 35.5. The number of hydrogen-bond donors (Lipinski definition) is 1. The molecule has 0 aliphatic heterocycles. The molecule has 0 saturated carbocycles. The monoisotopic (exact) mass is 289 g/mol. The Morgan fingerprint density at radius 1 is 1.20 bits per heavy atom. The Kier molecular flexibility index (Phi) is 4.38. The molecule has 5 heteroatoms. The lowest BCUT2D eigenvalue weighted by molar-refractivity contribution is 0.102. The van der Waals surface area contributed by atoms with Gasteiger partial charge in [0.1, 0.15) is 12.0 Å². The minimum absolute atomic E-state index is 0.303. The number of methoxy groups -OCH3 is 1. The van der Waals surface area contributed by atoms with Crippen molar-refractivity contribution in [2.24, 2.45) is 0 Å². The van der Waals surface area contributed by atoms with Crippen LogP contribution >= 0.6 is 11.6 Å². The second kappa shape index (κ2) is 6.21. The summed E-state index contributed by atoms with van der Waals surface area (Å²) in [6.07, 6.45) is 0.706. The number of carbonyl (C=O) groups is 2. The third-order valence-corrected chi connectivity index (χ3v) is 2.97. The fourth-order valence-electron chi connectivity index (χ4n) is 1.69. The summed E-state index contributed by atoms with van der Waals surface area (Å²) in [5.74, 6) is 0.181. The van der Waals surface area contributed by atoms with Gasteiger partial charge in [-0.15, -0.1) is 0 Å². The first-order valence-electron chi connectivity index (χ1n) is 5.84. The summed E-state index contributed by atoms with van der Waals surface area (Å²) in [6, 6.07) is 11.3. The van der Waals surface area contributed by atoms with E-state index in [0.717, 1.165) is 0 Å². The Morgan fingerprint density at radius 3 is 2.50 bits per heavy atom. The molecular weight excluding hydrogens is 278 g/mol. The van der Waals surface area contributed by atoms with Crippen LogP contribution in [0.5, 0.6) is 5.75 Å². The Labute approximate surface area is 121 Å². The minimum Gasteiger partial charge on any atom is -0.495 e. The minimum atomic E-state index is -0.303. The van der Waals surface area contributed by atoms with Crippen LogP contribution in [0.2, 0.25) is 5.02 Å². The van der Waals surface area contributed by atoms with Gasteiger partial charge in [-0.3, -0.25) is 9.59 Å². The van der Waals surface area contributed by atoms with Gasteiger partial charge in [-0.25, -0.2) is 0 Å². The number of benzene rings is 2. The van der Waals surface area contributed by atoms with E-state index in [-0.39, 0.29) is 5.91 Å². The molecule has 1 amide bonds. The summed E-state index contributed by atoms with van der Waals surface area (Å²) in [7, 11) is 1.49. The topological polar surface area (TPSA) is 55.4 Å². The molecule has 0 spiro atoms. The Hall–Kier alpha value is -2.33. The van der Waals surface area contributed by atoms with E-state index >= 15 is 0 Å². The van der Waals surface area contributed by atoms with E-state index in [9.17, 15) is 9.59 Å². The summed E-state index contributed by atoms with van der Waals surface area (Å²) < 4.78 is 5.15. The first-order valence-corrected chi connectivity index (χ1v) is 6.22. The van der Waals surface area contributed by atoms with Crippen molar-refractivity contribution < 1.29 is 14.3 Å². The number of halogens is 1. The fraction of sp³-hybridized carbons (Fsp3) is 0.0667. The molecule has 1 N–H and O–H groups in total. The molecule has 0 heterocycles. The van der Waals surface area contributed by atoms with Crippen LogP contribution in [-0.2, 0) is 0 Å². The van der Waals surface area contributed by atoms with Crippen LogP contribution in [0, 0.1) is 0 Å². The highest BCUT2D eigenvalue weighted by Gasteiger charge is 2.10. The molecule has 102 valence electrons.